The van der Waals surface area contributed by atoms with Gasteiger partial charge in [-0.05, 0) is 56.4 Å². The molecular formula is C18H20F3N3O. The van der Waals surface area contributed by atoms with Crippen molar-refractivity contribution < 1.29 is 18.0 Å². The number of hydrogen-bond acceptors (Lipinski definition) is 2. The van der Waals surface area contributed by atoms with Crippen LogP contribution in [0, 0.1) is 13.8 Å². The molecule has 4 nitrogen and oxygen atoms in total. The first kappa shape index (κ1) is 17.5. The molecule has 0 unspecified atom stereocenters. The summed E-state index contributed by atoms with van der Waals surface area (Å²) in [5, 5.41) is 2.99. The molecule has 1 aliphatic rings. The minimum Gasteiger partial charge on any atom is -0.354 e. The molecule has 7 heteroatoms. The number of pyridine rings is 1. The van der Waals surface area contributed by atoms with Gasteiger partial charge in [0, 0.05) is 30.0 Å². The van der Waals surface area contributed by atoms with Gasteiger partial charge in [-0.1, -0.05) is 0 Å². The molecular weight excluding hydrogens is 331 g/mol. The van der Waals surface area contributed by atoms with Crippen molar-refractivity contribution in [1.82, 2.24) is 15.3 Å². The van der Waals surface area contributed by atoms with Gasteiger partial charge in [0.05, 0.1) is 5.56 Å². The number of carbonyl (C=O) groups excluding carboxylic acids is 1. The van der Waals surface area contributed by atoms with Gasteiger partial charge in [0.15, 0.2) is 0 Å². The molecule has 0 bridgehead atoms. The second-order valence-corrected chi connectivity index (χ2v) is 6.54. The summed E-state index contributed by atoms with van der Waals surface area (Å²) >= 11 is 0. The predicted molar refractivity (Wildman–Crippen MR) is 87.4 cm³/mol. The largest absolute Gasteiger partial charge is 0.417 e. The van der Waals surface area contributed by atoms with Gasteiger partial charge in [-0.25, -0.2) is 0 Å². The Labute approximate surface area is 143 Å². The lowest BCUT2D eigenvalue weighted by atomic mass is 9.93. The third-order valence-corrected chi connectivity index (χ3v) is 4.77. The Morgan fingerprint density at radius 3 is 2.56 bits per heavy atom. The predicted octanol–water partition coefficient (Wildman–Crippen LogP) is 3.92. The fourth-order valence-electron chi connectivity index (χ4n) is 2.97. The van der Waals surface area contributed by atoms with Gasteiger partial charge in [-0.3, -0.25) is 9.78 Å². The fraction of sp³-hybridized carbons (Fsp3) is 0.444. The number of amides is 1. The van der Waals surface area contributed by atoms with Gasteiger partial charge in [-0.15, -0.1) is 0 Å². The summed E-state index contributed by atoms with van der Waals surface area (Å²) in [7, 11) is 0. The van der Waals surface area contributed by atoms with Gasteiger partial charge in [0.25, 0.3) is 5.91 Å². The molecule has 134 valence electrons. The lowest BCUT2D eigenvalue weighted by Gasteiger charge is -2.26. The van der Waals surface area contributed by atoms with E-state index in [1.54, 1.807) is 0 Å². The van der Waals surface area contributed by atoms with Crippen LogP contribution in [0.25, 0.3) is 0 Å². The molecule has 0 saturated heterocycles. The van der Waals surface area contributed by atoms with Crippen LogP contribution in [0.15, 0.2) is 18.3 Å². The van der Waals surface area contributed by atoms with Crippen LogP contribution >= 0.6 is 0 Å². The summed E-state index contributed by atoms with van der Waals surface area (Å²) in [5.41, 5.74) is 2.83. The van der Waals surface area contributed by atoms with Crippen LogP contribution in [0.1, 0.15) is 57.8 Å². The van der Waals surface area contributed by atoms with Crippen LogP contribution in [0.5, 0.6) is 0 Å². The average Bonchev–Trinajstić information content (AvgIpc) is 2.78. The number of aromatic amines is 1. The van der Waals surface area contributed by atoms with Crippen molar-refractivity contribution in [3.05, 3.63) is 52.1 Å². The molecule has 0 aromatic carbocycles. The standard InChI is InChI=1S/C18H20F3N3O/c1-10-15(8-14-7-6-12(9-22-14)18(19,20)21)11(2)23-16(10)17(25)24-13-4-3-5-13/h6-7,9,13,23H,3-5,8H2,1-2H3,(H,24,25). The highest BCUT2D eigenvalue weighted by Crippen LogP contribution is 2.29. The lowest BCUT2D eigenvalue weighted by Crippen LogP contribution is -2.39. The molecule has 2 N–H and O–H groups in total. The third-order valence-electron chi connectivity index (χ3n) is 4.77. The average molecular weight is 351 g/mol. The van der Waals surface area contributed by atoms with E-state index in [4.69, 9.17) is 0 Å². The minimum atomic E-state index is -4.39. The maximum absolute atomic E-state index is 12.6. The number of hydrogen-bond donors (Lipinski definition) is 2. The smallest absolute Gasteiger partial charge is 0.354 e. The van der Waals surface area contributed by atoms with Gasteiger partial charge < -0.3 is 10.3 Å². The number of aryl methyl sites for hydroxylation is 1. The quantitative estimate of drug-likeness (QED) is 0.877. The van der Waals surface area contributed by atoms with E-state index in [0.717, 1.165) is 48.3 Å². The SMILES string of the molecule is Cc1[nH]c(C(=O)NC2CCC2)c(C)c1Cc1ccc(C(F)(F)F)cn1. The molecule has 1 fully saturated rings. The summed E-state index contributed by atoms with van der Waals surface area (Å²) in [4.78, 5) is 19.4. The van der Waals surface area contributed by atoms with Crippen LogP contribution in [0.3, 0.4) is 0 Å². The maximum Gasteiger partial charge on any atom is 0.417 e. The van der Waals surface area contributed by atoms with E-state index >= 15 is 0 Å². The molecule has 3 rings (SSSR count). The van der Waals surface area contributed by atoms with E-state index < -0.39 is 11.7 Å². The maximum atomic E-state index is 12.6. The first-order chi connectivity index (χ1) is 11.8. The fourth-order valence-corrected chi connectivity index (χ4v) is 2.97. The van der Waals surface area contributed by atoms with Crippen molar-refractivity contribution in [3.8, 4) is 0 Å². The van der Waals surface area contributed by atoms with Crippen LogP contribution in [-0.2, 0) is 12.6 Å². The third kappa shape index (κ3) is 3.70. The zero-order chi connectivity index (χ0) is 18.2. The summed E-state index contributed by atoms with van der Waals surface area (Å²) in [6, 6.07) is 2.66. The van der Waals surface area contributed by atoms with Crippen molar-refractivity contribution in [1.29, 1.82) is 0 Å². The molecule has 2 aromatic rings. The zero-order valence-electron chi connectivity index (χ0n) is 14.1. The highest BCUT2D eigenvalue weighted by molar-refractivity contribution is 5.94. The van der Waals surface area contributed by atoms with Crippen molar-refractivity contribution in [3.63, 3.8) is 0 Å². The van der Waals surface area contributed by atoms with Crippen LogP contribution in [0.2, 0.25) is 0 Å². The molecule has 2 aromatic heterocycles. The molecule has 1 amide bonds. The number of rotatable bonds is 4. The number of halogens is 3. The van der Waals surface area contributed by atoms with E-state index in [9.17, 15) is 18.0 Å². The second kappa shape index (κ2) is 6.54. The Kier molecular flexibility index (Phi) is 4.58. The van der Waals surface area contributed by atoms with E-state index in [-0.39, 0.29) is 11.9 Å². The Balaban J connectivity index is 1.77. The topological polar surface area (TPSA) is 57.8 Å². The lowest BCUT2D eigenvalue weighted by molar-refractivity contribution is -0.137. The van der Waals surface area contributed by atoms with Gasteiger partial charge in [0.1, 0.15) is 5.69 Å². The first-order valence-electron chi connectivity index (χ1n) is 8.26. The summed E-state index contributed by atoms with van der Waals surface area (Å²) in [6.45, 7) is 3.70. The molecule has 1 aliphatic carbocycles. The zero-order valence-corrected chi connectivity index (χ0v) is 14.1. The van der Waals surface area contributed by atoms with E-state index in [0.29, 0.717) is 17.8 Å². The van der Waals surface area contributed by atoms with Crippen molar-refractivity contribution in [2.75, 3.05) is 0 Å². The van der Waals surface area contributed by atoms with E-state index in [2.05, 4.69) is 15.3 Å². The summed E-state index contributed by atoms with van der Waals surface area (Å²) in [5.74, 6) is -0.128. The van der Waals surface area contributed by atoms with E-state index in [1.807, 2.05) is 13.8 Å². The number of alkyl halides is 3. The normalized spacial score (nSPS) is 15.1. The Morgan fingerprint density at radius 2 is 2.04 bits per heavy atom. The number of aromatic nitrogens is 2. The molecule has 0 radical (unpaired) electrons. The van der Waals surface area contributed by atoms with Gasteiger partial charge in [0.2, 0.25) is 0 Å². The summed E-state index contributed by atoms with van der Waals surface area (Å²) in [6.07, 6.45) is -0.0176. The Morgan fingerprint density at radius 1 is 1.32 bits per heavy atom. The Hall–Kier alpha value is -2.31. The molecule has 0 aliphatic heterocycles. The number of carbonyl (C=O) groups is 1. The molecule has 25 heavy (non-hydrogen) atoms. The van der Waals surface area contributed by atoms with Crippen LogP contribution in [-0.4, -0.2) is 21.9 Å². The minimum absolute atomic E-state index is 0.128. The Bertz CT molecular complexity index is 774. The molecule has 0 atom stereocenters. The van der Waals surface area contributed by atoms with Gasteiger partial charge in [-0.2, -0.15) is 13.2 Å². The van der Waals surface area contributed by atoms with Crippen molar-refractivity contribution >= 4 is 5.91 Å². The summed E-state index contributed by atoms with van der Waals surface area (Å²) < 4.78 is 37.8. The number of nitrogens with zero attached hydrogens (tertiary/aromatic N) is 1. The monoisotopic (exact) mass is 351 g/mol. The van der Waals surface area contributed by atoms with Crippen LogP contribution in [0.4, 0.5) is 13.2 Å². The number of nitrogens with one attached hydrogen (secondary N) is 2. The van der Waals surface area contributed by atoms with Gasteiger partial charge >= 0.3 is 6.18 Å². The van der Waals surface area contributed by atoms with Crippen molar-refractivity contribution in [2.24, 2.45) is 0 Å². The highest BCUT2D eigenvalue weighted by atomic mass is 19.4. The highest BCUT2D eigenvalue weighted by Gasteiger charge is 2.30. The van der Waals surface area contributed by atoms with E-state index in [1.165, 1.54) is 6.07 Å². The molecule has 1 saturated carbocycles. The van der Waals surface area contributed by atoms with Crippen LogP contribution < -0.4 is 5.32 Å². The molecule has 0 spiro atoms. The number of H-pyrrole nitrogens is 1. The first-order valence-corrected chi connectivity index (χ1v) is 8.26. The second-order valence-electron chi connectivity index (χ2n) is 6.54. The molecule has 2 heterocycles. The van der Waals surface area contributed by atoms with Crippen molar-refractivity contribution in [2.45, 2.75) is 51.7 Å².